The second-order valence-corrected chi connectivity index (χ2v) is 5.92. The number of alkyl halides is 3. The molecule has 0 unspecified atom stereocenters. The Morgan fingerprint density at radius 2 is 1.88 bits per heavy atom. The van der Waals surface area contributed by atoms with Crippen LogP contribution in [-0.2, 0) is 22.1 Å². The van der Waals surface area contributed by atoms with Crippen LogP contribution in [0.2, 0.25) is 0 Å². The third-order valence-electron chi connectivity index (χ3n) is 4.16. The van der Waals surface area contributed by atoms with Crippen molar-refractivity contribution in [2.75, 3.05) is 26.2 Å². The fourth-order valence-electron chi connectivity index (χ4n) is 2.83. The number of carbonyl (C=O) groups is 1. The van der Waals surface area contributed by atoms with E-state index in [1.165, 1.54) is 18.2 Å². The Kier molecular flexibility index (Phi) is 8.68. The Morgan fingerprint density at radius 3 is 2.48 bits per heavy atom. The van der Waals surface area contributed by atoms with Crippen molar-refractivity contribution in [3.05, 3.63) is 35.4 Å². The summed E-state index contributed by atoms with van der Waals surface area (Å²) in [6.07, 6.45) is -2.36. The van der Waals surface area contributed by atoms with Gasteiger partial charge in [0.2, 0.25) is 5.91 Å². The highest BCUT2D eigenvalue weighted by molar-refractivity contribution is 5.85. The van der Waals surface area contributed by atoms with Crippen molar-refractivity contribution < 1.29 is 22.7 Å². The van der Waals surface area contributed by atoms with Crippen LogP contribution in [0.5, 0.6) is 0 Å². The summed E-state index contributed by atoms with van der Waals surface area (Å²) in [5.74, 6) is -0.271. The van der Waals surface area contributed by atoms with Crippen molar-refractivity contribution in [2.45, 2.75) is 38.0 Å². The van der Waals surface area contributed by atoms with Crippen LogP contribution in [0.3, 0.4) is 0 Å². The van der Waals surface area contributed by atoms with Crippen molar-refractivity contribution in [1.82, 2.24) is 4.90 Å². The van der Waals surface area contributed by atoms with Crippen molar-refractivity contribution in [1.29, 1.82) is 0 Å². The maximum Gasteiger partial charge on any atom is 0.416 e. The van der Waals surface area contributed by atoms with E-state index in [4.69, 9.17) is 10.5 Å². The van der Waals surface area contributed by atoms with Gasteiger partial charge in [0.15, 0.2) is 0 Å². The van der Waals surface area contributed by atoms with E-state index in [0.717, 1.165) is 12.5 Å². The monoisotopic (exact) mass is 380 g/mol. The molecule has 0 aliphatic carbocycles. The molecule has 1 heterocycles. The molecule has 1 saturated heterocycles. The molecule has 0 bridgehead atoms. The minimum atomic E-state index is -4.44. The molecule has 2 rings (SSSR count). The highest BCUT2D eigenvalue weighted by Crippen LogP contribution is 2.32. The zero-order valence-corrected chi connectivity index (χ0v) is 14.7. The predicted octanol–water partition coefficient (Wildman–Crippen LogP) is 3.03. The molecule has 0 radical (unpaired) electrons. The number of amides is 1. The summed E-state index contributed by atoms with van der Waals surface area (Å²) in [6.45, 7) is 2.21. The molecule has 142 valence electrons. The number of carbonyl (C=O) groups excluding carboxylic acids is 1. The number of benzene rings is 1. The van der Waals surface area contributed by atoms with Crippen LogP contribution in [0.15, 0.2) is 24.3 Å². The lowest BCUT2D eigenvalue weighted by molar-refractivity contribution is -0.139. The van der Waals surface area contributed by atoms with Gasteiger partial charge in [0.05, 0.1) is 18.1 Å². The van der Waals surface area contributed by atoms with Gasteiger partial charge in [0.1, 0.15) is 0 Å². The number of nitrogens with zero attached hydrogens (tertiary/aromatic N) is 1. The first kappa shape index (κ1) is 21.7. The van der Waals surface area contributed by atoms with Gasteiger partial charge in [0.25, 0.3) is 0 Å². The van der Waals surface area contributed by atoms with E-state index in [9.17, 15) is 18.0 Å². The van der Waals surface area contributed by atoms with Gasteiger partial charge in [-0.15, -0.1) is 12.4 Å². The van der Waals surface area contributed by atoms with E-state index < -0.39 is 11.7 Å². The molecule has 1 aliphatic heterocycles. The molecule has 8 heteroatoms. The molecule has 0 saturated carbocycles. The first-order valence-electron chi connectivity index (χ1n) is 8.16. The van der Waals surface area contributed by atoms with Crippen molar-refractivity contribution in [3.63, 3.8) is 0 Å². The molecule has 1 amide bonds. The highest BCUT2D eigenvalue weighted by atomic mass is 35.5. The van der Waals surface area contributed by atoms with Crippen LogP contribution in [-0.4, -0.2) is 43.2 Å². The molecule has 1 aromatic rings. The van der Waals surface area contributed by atoms with Gasteiger partial charge in [-0.1, -0.05) is 18.2 Å². The van der Waals surface area contributed by atoms with E-state index in [2.05, 4.69) is 0 Å². The van der Waals surface area contributed by atoms with E-state index in [-0.39, 0.29) is 36.4 Å². The van der Waals surface area contributed by atoms with Gasteiger partial charge in [-0.05, 0) is 37.4 Å². The molecular weight excluding hydrogens is 357 g/mol. The van der Waals surface area contributed by atoms with Gasteiger partial charge in [-0.25, -0.2) is 0 Å². The van der Waals surface area contributed by atoms with Gasteiger partial charge in [-0.2, -0.15) is 13.2 Å². The van der Waals surface area contributed by atoms with E-state index >= 15 is 0 Å². The fourth-order valence-corrected chi connectivity index (χ4v) is 2.83. The summed E-state index contributed by atoms with van der Waals surface area (Å²) in [7, 11) is 0. The third-order valence-corrected chi connectivity index (χ3v) is 4.16. The average molecular weight is 381 g/mol. The minimum Gasteiger partial charge on any atom is -0.378 e. The molecule has 2 N–H and O–H groups in total. The largest absolute Gasteiger partial charge is 0.416 e. The quantitative estimate of drug-likeness (QED) is 0.772. The van der Waals surface area contributed by atoms with Crippen molar-refractivity contribution in [3.8, 4) is 0 Å². The van der Waals surface area contributed by atoms with E-state index in [1.54, 1.807) is 4.90 Å². The zero-order valence-electron chi connectivity index (χ0n) is 13.9. The molecule has 0 atom stereocenters. The van der Waals surface area contributed by atoms with Crippen LogP contribution >= 0.6 is 12.4 Å². The highest BCUT2D eigenvalue weighted by Gasteiger charge is 2.34. The number of ether oxygens (including phenoxy) is 1. The lowest BCUT2D eigenvalue weighted by Gasteiger charge is -2.32. The third kappa shape index (κ3) is 6.49. The van der Waals surface area contributed by atoms with E-state index in [0.29, 0.717) is 39.1 Å². The van der Waals surface area contributed by atoms with Gasteiger partial charge in [0, 0.05) is 19.7 Å². The number of nitrogens with two attached hydrogens (primary N) is 1. The maximum absolute atomic E-state index is 13.0. The Labute approximate surface area is 151 Å². The van der Waals surface area contributed by atoms with Crippen LogP contribution in [0.4, 0.5) is 13.2 Å². The van der Waals surface area contributed by atoms with Crippen LogP contribution < -0.4 is 5.73 Å². The van der Waals surface area contributed by atoms with Crippen molar-refractivity contribution >= 4 is 18.3 Å². The number of rotatable bonds is 6. The maximum atomic E-state index is 13.0. The topological polar surface area (TPSA) is 55.6 Å². The summed E-state index contributed by atoms with van der Waals surface area (Å²) in [5.41, 5.74) is 4.70. The summed E-state index contributed by atoms with van der Waals surface area (Å²) in [6, 6.07) is 5.24. The molecule has 1 aliphatic rings. The van der Waals surface area contributed by atoms with E-state index in [1.807, 2.05) is 0 Å². The van der Waals surface area contributed by atoms with Gasteiger partial charge in [-0.3, -0.25) is 4.79 Å². The van der Waals surface area contributed by atoms with Crippen LogP contribution in [0.1, 0.15) is 30.4 Å². The number of halogens is 4. The Morgan fingerprint density at radius 1 is 1.24 bits per heavy atom. The smallest absolute Gasteiger partial charge is 0.378 e. The second-order valence-electron chi connectivity index (χ2n) is 5.92. The number of hydrogen-bond acceptors (Lipinski definition) is 3. The number of hydrogen-bond donors (Lipinski definition) is 1. The van der Waals surface area contributed by atoms with Gasteiger partial charge >= 0.3 is 6.18 Å². The normalized spacial score (nSPS) is 15.8. The van der Waals surface area contributed by atoms with Gasteiger partial charge < -0.3 is 15.4 Å². The minimum absolute atomic E-state index is 0. The zero-order chi connectivity index (χ0) is 17.6. The summed E-state index contributed by atoms with van der Waals surface area (Å²) < 4.78 is 44.6. The fraction of sp³-hybridized carbons (Fsp3) is 0.588. The molecule has 1 aromatic carbocycles. The Balaban J connectivity index is 0.00000312. The molecule has 0 spiro atoms. The SMILES string of the molecule is Cl.NCCCOC1CCN(C(=O)Cc2ccccc2C(F)(F)F)CC1. The van der Waals surface area contributed by atoms with Crippen LogP contribution in [0.25, 0.3) is 0 Å². The molecular formula is C17H24ClF3N2O2. The first-order chi connectivity index (χ1) is 11.4. The number of piperidine rings is 1. The first-order valence-corrected chi connectivity index (χ1v) is 8.16. The molecule has 25 heavy (non-hydrogen) atoms. The lowest BCUT2D eigenvalue weighted by Crippen LogP contribution is -2.41. The predicted molar refractivity (Wildman–Crippen MR) is 91.6 cm³/mol. The Hall–Kier alpha value is -1.31. The summed E-state index contributed by atoms with van der Waals surface area (Å²) in [5, 5.41) is 0. The summed E-state index contributed by atoms with van der Waals surface area (Å²) in [4.78, 5) is 13.9. The van der Waals surface area contributed by atoms with Crippen LogP contribution in [0, 0.1) is 0 Å². The standard InChI is InChI=1S/C17H23F3N2O2.ClH/c18-17(19,20)15-5-2-1-4-13(15)12-16(23)22-9-6-14(7-10-22)24-11-3-8-21;/h1-2,4-5,14H,3,6-12,21H2;1H. The summed E-state index contributed by atoms with van der Waals surface area (Å²) >= 11 is 0. The van der Waals surface area contributed by atoms with Crippen molar-refractivity contribution in [2.24, 2.45) is 5.73 Å². The average Bonchev–Trinajstić information content (AvgIpc) is 2.55. The molecule has 4 nitrogen and oxygen atoms in total. The molecule has 1 fully saturated rings. The molecule has 0 aromatic heterocycles. The number of likely N-dealkylation sites (tertiary alicyclic amines) is 1. The second kappa shape index (κ2) is 9.99. The Bertz CT molecular complexity index is 547. The lowest BCUT2D eigenvalue weighted by atomic mass is 10.0.